The molecule has 5 rings (SSSR count). The molecule has 10 nitrogen and oxygen atoms in total. The highest BCUT2D eigenvalue weighted by molar-refractivity contribution is 6.29. The minimum absolute atomic E-state index is 0.0873. The fraction of sp³-hybridized carbons (Fsp3) is 0.565. The first-order valence-electron chi connectivity index (χ1n) is 11.6. The van der Waals surface area contributed by atoms with Crippen LogP contribution in [0.3, 0.4) is 0 Å². The van der Waals surface area contributed by atoms with Gasteiger partial charge in [0.1, 0.15) is 11.7 Å². The first-order valence-corrected chi connectivity index (χ1v) is 12.0. The van der Waals surface area contributed by atoms with Gasteiger partial charge >= 0.3 is 6.09 Å². The molecule has 5 heterocycles. The van der Waals surface area contributed by atoms with Gasteiger partial charge in [0.05, 0.1) is 18.8 Å². The first kappa shape index (κ1) is 22.8. The largest absolute Gasteiger partial charge is 0.471 e. The summed E-state index contributed by atoms with van der Waals surface area (Å²) in [6.07, 6.45) is 3.58. The number of piperazine rings is 1. The number of pyridine rings is 1. The predicted molar refractivity (Wildman–Crippen MR) is 129 cm³/mol. The maximum Gasteiger partial charge on any atom is 0.410 e. The number of nitrogens with two attached hydrogens (primary N) is 1. The van der Waals surface area contributed by atoms with E-state index in [1.165, 1.54) is 0 Å². The van der Waals surface area contributed by atoms with Crippen LogP contribution in [0.1, 0.15) is 33.6 Å². The van der Waals surface area contributed by atoms with Crippen LogP contribution in [-0.4, -0.2) is 76.1 Å². The average molecular weight is 488 g/mol. The standard InChI is InChI=1S/C23H30ClN7O3/c1-23(2,3)34-22(32)30-12-17(13-30)33-20-8-14(6-7-26-20)31-15-4-5-16(31)11-29(10-15)18-9-19(24)27-28-21(18)25/h6-9,15-17H,4-5,10-13H2,1-3H3,(H2,25,28). The summed E-state index contributed by atoms with van der Waals surface area (Å²) in [6.45, 7) is 8.23. The Hall–Kier alpha value is -3.01. The number of amides is 1. The molecule has 0 saturated carbocycles. The Kier molecular flexibility index (Phi) is 5.79. The van der Waals surface area contributed by atoms with E-state index in [2.05, 4.69) is 25.0 Å². The summed E-state index contributed by atoms with van der Waals surface area (Å²) in [5.74, 6) is 0.972. The Morgan fingerprint density at radius 2 is 1.82 bits per heavy atom. The highest BCUT2D eigenvalue weighted by Gasteiger charge is 2.41. The molecule has 3 aliphatic heterocycles. The molecule has 0 spiro atoms. The Balaban J connectivity index is 1.22. The Morgan fingerprint density at radius 3 is 2.50 bits per heavy atom. The summed E-state index contributed by atoms with van der Waals surface area (Å²) in [6, 6.07) is 6.49. The van der Waals surface area contributed by atoms with E-state index < -0.39 is 5.60 Å². The number of rotatable bonds is 4. The van der Waals surface area contributed by atoms with Crippen LogP contribution in [0.4, 0.5) is 22.0 Å². The van der Waals surface area contributed by atoms with Gasteiger partial charge in [-0.3, -0.25) is 0 Å². The van der Waals surface area contributed by atoms with E-state index in [4.69, 9.17) is 26.8 Å². The number of nitrogen functional groups attached to an aromatic ring is 1. The van der Waals surface area contributed by atoms with Crippen LogP contribution in [-0.2, 0) is 4.74 Å². The highest BCUT2D eigenvalue weighted by atomic mass is 35.5. The second kappa shape index (κ2) is 8.65. The first-order chi connectivity index (χ1) is 16.2. The molecule has 0 aromatic carbocycles. The number of likely N-dealkylation sites (tertiary alicyclic amines) is 1. The van der Waals surface area contributed by atoms with Crippen molar-refractivity contribution >= 4 is 34.9 Å². The minimum atomic E-state index is -0.506. The molecule has 2 aromatic rings. The number of nitrogens with zero attached hydrogens (tertiary/aromatic N) is 6. The van der Waals surface area contributed by atoms with Gasteiger partial charge in [-0.05, 0) is 39.7 Å². The zero-order valence-electron chi connectivity index (χ0n) is 19.6. The van der Waals surface area contributed by atoms with Crippen LogP contribution in [0.5, 0.6) is 5.88 Å². The molecule has 2 aromatic heterocycles. The Bertz CT molecular complexity index is 1060. The summed E-state index contributed by atoms with van der Waals surface area (Å²) < 4.78 is 11.5. The lowest BCUT2D eigenvalue weighted by atomic mass is 10.1. The van der Waals surface area contributed by atoms with E-state index in [-0.39, 0.29) is 12.2 Å². The number of carbonyl (C=O) groups is 1. The van der Waals surface area contributed by atoms with Crippen LogP contribution in [0, 0.1) is 0 Å². The van der Waals surface area contributed by atoms with Crippen molar-refractivity contribution in [2.24, 2.45) is 0 Å². The minimum Gasteiger partial charge on any atom is -0.471 e. The van der Waals surface area contributed by atoms with Crippen molar-refractivity contribution in [2.45, 2.75) is 57.4 Å². The van der Waals surface area contributed by atoms with E-state index >= 15 is 0 Å². The van der Waals surface area contributed by atoms with Gasteiger partial charge in [-0.25, -0.2) is 9.78 Å². The van der Waals surface area contributed by atoms with Gasteiger partial charge in [-0.1, -0.05) is 11.6 Å². The molecule has 0 aliphatic carbocycles. The fourth-order valence-corrected chi connectivity index (χ4v) is 5.07. The van der Waals surface area contributed by atoms with Gasteiger partial charge in [0, 0.05) is 49.2 Å². The molecule has 2 atom stereocenters. The summed E-state index contributed by atoms with van der Waals surface area (Å²) in [7, 11) is 0. The van der Waals surface area contributed by atoms with Gasteiger partial charge < -0.3 is 29.9 Å². The van der Waals surface area contributed by atoms with Crippen molar-refractivity contribution in [2.75, 3.05) is 41.7 Å². The normalized spacial score (nSPS) is 22.5. The number of hydrogen-bond acceptors (Lipinski definition) is 9. The lowest BCUT2D eigenvalue weighted by Crippen LogP contribution is -2.57. The molecule has 1 amide bonds. The van der Waals surface area contributed by atoms with E-state index in [0.717, 1.165) is 37.3 Å². The van der Waals surface area contributed by atoms with Crippen LogP contribution in [0.2, 0.25) is 5.15 Å². The fourth-order valence-electron chi connectivity index (χ4n) is 4.93. The van der Waals surface area contributed by atoms with Crippen LogP contribution in [0.15, 0.2) is 24.4 Å². The van der Waals surface area contributed by atoms with Crippen molar-refractivity contribution in [3.05, 3.63) is 29.5 Å². The Morgan fingerprint density at radius 1 is 1.12 bits per heavy atom. The number of anilines is 3. The summed E-state index contributed by atoms with van der Waals surface area (Å²) in [5, 5.41) is 8.14. The molecular weight excluding hydrogens is 458 g/mol. The van der Waals surface area contributed by atoms with E-state index in [1.54, 1.807) is 17.2 Å². The maximum absolute atomic E-state index is 12.1. The molecule has 0 radical (unpaired) electrons. The van der Waals surface area contributed by atoms with Crippen LogP contribution in [0.25, 0.3) is 0 Å². The average Bonchev–Trinajstić information content (AvgIpc) is 3.00. The summed E-state index contributed by atoms with van der Waals surface area (Å²) in [4.78, 5) is 22.9. The van der Waals surface area contributed by atoms with Gasteiger partial charge in [0.15, 0.2) is 11.0 Å². The van der Waals surface area contributed by atoms with Crippen molar-refractivity contribution < 1.29 is 14.3 Å². The van der Waals surface area contributed by atoms with Crippen LogP contribution < -0.4 is 20.3 Å². The van der Waals surface area contributed by atoms with Gasteiger partial charge in [-0.2, -0.15) is 0 Å². The number of aromatic nitrogens is 3. The summed E-state index contributed by atoms with van der Waals surface area (Å²) >= 11 is 6.06. The number of carbonyl (C=O) groups excluding carboxylic acids is 1. The van der Waals surface area contributed by atoms with E-state index in [9.17, 15) is 4.79 Å². The maximum atomic E-state index is 12.1. The highest BCUT2D eigenvalue weighted by Crippen LogP contribution is 2.38. The molecule has 2 bridgehead atoms. The van der Waals surface area contributed by atoms with Gasteiger partial charge in [-0.15, -0.1) is 10.2 Å². The summed E-state index contributed by atoms with van der Waals surface area (Å²) in [5.41, 5.74) is 7.51. The quantitative estimate of drug-likeness (QED) is 0.695. The third-order valence-corrected chi connectivity index (χ3v) is 6.58. The number of ether oxygens (including phenoxy) is 2. The molecule has 34 heavy (non-hydrogen) atoms. The number of fused-ring (bicyclic) bond motifs is 2. The Labute approximate surface area is 204 Å². The van der Waals surface area contributed by atoms with Crippen molar-refractivity contribution in [1.29, 1.82) is 0 Å². The third-order valence-electron chi connectivity index (χ3n) is 6.40. The lowest BCUT2D eigenvalue weighted by Gasteiger charge is -2.43. The molecule has 11 heteroatoms. The molecule has 3 aliphatic rings. The van der Waals surface area contributed by atoms with Crippen molar-refractivity contribution in [3.8, 4) is 5.88 Å². The third kappa shape index (κ3) is 4.64. The van der Waals surface area contributed by atoms with E-state index in [1.807, 2.05) is 32.9 Å². The predicted octanol–water partition coefficient (Wildman–Crippen LogP) is 2.96. The second-order valence-corrected chi connectivity index (χ2v) is 10.5. The molecule has 3 fully saturated rings. The van der Waals surface area contributed by atoms with Crippen molar-refractivity contribution in [1.82, 2.24) is 20.1 Å². The van der Waals surface area contributed by atoms with Gasteiger partial charge in [0.25, 0.3) is 0 Å². The zero-order valence-corrected chi connectivity index (χ0v) is 20.4. The molecular formula is C23H30ClN7O3. The topological polar surface area (TPSA) is 110 Å². The van der Waals surface area contributed by atoms with E-state index in [0.29, 0.717) is 42.0 Å². The monoisotopic (exact) mass is 487 g/mol. The zero-order chi connectivity index (χ0) is 24.0. The van der Waals surface area contributed by atoms with Crippen molar-refractivity contribution in [3.63, 3.8) is 0 Å². The van der Waals surface area contributed by atoms with Gasteiger partial charge in [0.2, 0.25) is 5.88 Å². The van der Waals surface area contributed by atoms with Crippen LogP contribution >= 0.6 is 11.6 Å². The molecule has 2 unspecified atom stereocenters. The molecule has 2 N–H and O–H groups in total. The molecule has 3 saturated heterocycles. The smallest absolute Gasteiger partial charge is 0.410 e. The number of hydrogen-bond donors (Lipinski definition) is 1. The molecule has 182 valence electrons. The SMILES string of the molecule is CC(C)(C)OC(=O)N1CC(Oc2cc(N3C4CCC3CN(c3cc(Cl)nnc3N)C4)ccn2)C1. The lowest BCUT2D eigenvalue weighted by molar-refractivity contribution is -0.0232. The number of halogens is 1. The second-order valence-electron chi connectivity index (χ2n) is 10.1.